The van der Waals surface area contributed by atoms with Gasteiger partial charge in [-0.05, 0) is 30.0 Å². The van der Waals surface area contributed by atoms with Crippen molar-refractivity contribution in [2.45, 2.75) is 33.2 Å². The summed E-state index contributed by atoms with van der Waals surface area (Å²) in [5.41, 5.74) is 5.33. The van der Waals surface area contributed by atoms with E-state index in [1.165, 1.54) is 22.4 Å². The topological polar surface area (TPSA) is 12.4 Å². The lowest BCUT2D eigenvalue weighted by Gasteiger charge is -2.07. The number of nitrogens with zero attached hydrogens (tertiary/aromatic N) is 1. The van der Waals surface area contributed by atoms with Gasteiger partial charge in [-0.15, -0.1) is 0 Å². The normalized spacial score (nSPS) is 14.6. The third kappa shape index (κ3) is 1.39. The van der Waals surface area contributed by atoms with Crippen LogP contribution in [0.2, 0.25) is 0 Å². The predicted molar refractivity (Wildman–Crippen MR) is 56.4 cm³/mol. The summed E-state index contributed by atoms with van der Waals surface area (Å²) in [5.74, 6) is 0.610. The van der Waals surface area contributed by atoms with Gasteiger partial charge in [-0.3, -0.25) is 4.99 Å². The maximum atomic E-state index is 4.42. The SMILES string of the molecule is CC1=NCc2ccc(C(C)C)cc21. The van der Waals surface area contributed by atoms with Crippen LogP contribution in [0.25, 0.3) is 0 Å². The summed E-state index contributed by atoms with van der Waals surface area (Å²) < 4.78 is 0. The van der Waals surface area contributed by atoms with Gasteiger partial charge in [-0.25, -0.2) is 0 Å². The fourth-order valence-electron chi connectivity index (χ4n) is 1.72. The molecule has 0 bridgehead atoms. The first-order valence-electron chi connectivity index (χ1n) is 4.82. The van der Waals surface area contributed by atoms with Crippen LogP contribution < -0.4 is 0 Å². The Morgan fingerprint density at radius 3 is 2.77 bits per heavy atom. The molecule has 1 aliphatic rings. The highest BCUT2D eigenvalue weighted by atomic mass is 14.8. The number of aliphatic imine (C=N–C) groups is 1. The number of benzene rings is 1. The van der Waals surface area contributed by atoms with Gasteiger partial charge >= 0.3 is 0 Å². The van der Waals surface area contributed by atoms with E-state index in [-0.39, 0.29) is 0 Å². The van der Waals surface area contributed by atoms with E-state index in [0.717, 1.165) is 6.54 Å². The molecule has 0 amide bonds. The van der Waals surface area contributed by atoms with E-state index >= 15 is 0 Å². The monoisotopic (exact) mass is 173 g/mol. The Kier molecular flexibility index (Phi) is 1.95. The maximum absolute atomic E-state index is 4.42. The van der Waals surface area contributed by atoms with Crippen molar-refractivity contribution in [3.63, 3.8) is 0 Å². The Morgan fingerprint density at radius 1 is 1.31 bits per heavy atom. The van der Waals surface area contributed by atoms with Crippen LogP contribution in [0.1, 0.15) is 43.4 Å². The van der Waals surface area contributed by atoms with Crippen LogP contribution in [0, 0.1) is 0 Å². The third-order valence-corrected chi connectivity index (χ3v) is 2.68. The van der Waals surface area contributed by atoms with E-state index in [2.05, 4.69) is 44.0 Å². The molecular formula is C12H15N. The first kappa shape index (κ1) is 8.49. The minimum absolute atomic E-state index is 0.610. The lowest BCUT2D eigenvalue weighted by Crippen LogP contribution is -1.95. The van der Waals surface area contributed by atoms with Crippen molar-refractivity contribution in [3.05, 3.63) is 34.9 Å². The van der Waals surface area contributed by atoms with E-state index in [1.54, 1.807) is 0 Å². The van der Waals surface area contributed by atoms with Crippen LogP contribution in [0.5, 0.6) is 0 Å². The lowest BCUT2D eigenvalue weighted by atomic mass is 9.97. The van der Waals surface area contributed by atoms with E-state index in [9.17, 15) is 0 Å². The molecule has 0 saturated heterocycles. The Labute approximate surface area is 79.5 Å². The van der Waals surface area contributed by atoms with Gasteiger partial charge in [0, 0.05) is 11.3 Å². The molecular weight excluding hydrogens is 158 g/mol. The minimum Gasteiger partial charge on any atom is -0.285 e. The second kappa shape index (κ2) is 2.99. The Morgan fingerprint density at radius 2 is 2.08 bits per heavy atom. The number of fused-ring (bicyclic) bond motifs is 1. The van der Waals surface area contributed by atoms with E-state index < -0.39 is 0 Å². The van der Waals surface area contributed by atoms with Crippen molar-refractivity contribution in [1.29, 1.82) is 0 Å². The zero-order chi connectivity index (χ0) is 9.42. The summed E-state index contributed by atoms with van der Waals surface area (Å²) in [5, 5.41) is 0. The molecule has 0 fully saturated rings. The van der Waals surface area contributed by atoms with Crippen LogP contribution >= 0.6 is 0 Å². The van der Waals surface area contributed by atoms with Gasteiger partial charge in [-0.1, -0.05) is 26.0 Å². The molecule has 1 nitrogen and oxygen atoms in total. The first-order chi connectivity index (χ1) is 6.18. The Bertz CT molecular complexity index is 361. The summed E-state index contributed by atoms with van der Waals surface area (Å²) in [6.45, 7) is 7.42. The highest BCUT2D eigenvalue weighted by molar-refractivity contribution is 6.02. The zero-order valence-electron chi connectivity index (χ0n) is 8.46. The van der Waals surface area contributed by atoms with Crippen LogP contribution in [-0.4, -0.2) is 5.71 Å². The van der Waals surface area contributed by atoms with Gasteiger partial charge in [0.15, 0.2) is 0 Å². The molecule has 0 spiro atoms. The molecule has 0 aliphatic carbocycles. The molecule has 0 atom stereocenters. The van der Waals surface area contributed by atoms with E-state index in [4.69, 9.17) is 0 Å². The molecule has 2 rings (SSSR count). The molecule has 1 aliphatic heterocycles. The largest absolute Gasteiger partial charge is 0.285 e. The molecule has 68 valence electrons. The first-order valence-corrected chi connectivity index (χ1v) is 4.82. The lowest BCUT2D eigenvalue weighted by molar-refractivity contribution is 0.865. The molecule has 0 saturated carbocycles. The second-order valence-electron chi connectivity index (χ2n) is 3.97. The molecule has 0 radical (unpaired) electrons. The quantitative estimate of drug-likeness (QED) is 0.618. The summed E-state index contributed by atoms with van der Waals surface area (Å²) in [7, 11) is 0. The van der Waals surface area contributed by atoms with Crippen molar-refractivity contribution in [2.75, 3.05) is 0 Å². The summed E-state index contributed by atoms with van der Waals surface area (Å²) in [6.07, 6.45) is 0. The number of rotatable bonds is 1. The van der Waals surface area contributed by atoms with Crippen LogP contribution in [-0.2, 0) is 6.54 Å². The summed E-state index contributed by atoms with van der Waals surface area (Å²) >= 11 is 0. The third-order valence-electron chi connectivity index (χ3n) is 2.68. The fourth-order valence-corrected chi connectivity index (χ4v) is 1.72. The van der Waals surface area contributed by atoms with Crippen molar-refractivity contribution < 1.29 is 0 Å². The molecule has 0 N–H and O–H groups in total. The van der Waals surface area contributed by atoms with Gasteiger partial charge in [0.25, 0.3) is 0 Å². The van der Waals surface area contributed by atoms with Crippen molar-refractivity contribution >= 4 is 5.71 Å². The molecule has 1 aromatic carbocycles. The molecule has 0 aromatic heterocycles. The fraction of sp³-hybridized carbons (Fsp3) is 0.417. The summed E-state index contributed by atoms with van der Waals surface area (Å²) in [4.78, 5) is 4.42. The molecule has 1 heteroatoms. The smallest absolute Gasteiger partial charge is 0.0649 e. The molecule has 13 heavy (non-hydrogen) atoms. The number of hydrogen-bond acceptors (Lipinski definition) is 1. The number of hydrogen-bond donors (Lipinski definition) is 0. The molecule has 1 heterocycles. The van der Waals surface area contributed by atoms with Crippen molar-refractivity contribution in [1.82, 2.24) is 0 Å². The Balaban J connectivity index is 2.47. The van der Waals surface area contributed by atoms with Gasteiger partial charge < -0.3 is 0 Å². The van der Waals surface area contributed by atoms with E-state index in [0.29, 0.717) is 5.92 Å². The maximum Gasteiger partial charge on any atom is 0.0649 e. The van der Waals surface area contributed by atoms with E-state index in [1.807, 2.05) is 0 Å². The molecule has 1 aromatic rings. The zero-order valence-corrected chi connectivity index (χ0v) is 8.46. The highest BCUT2D eigenvalue weighted by Gasteiger charge is 2.12. The van der Waals surface area contributed by atoms with Gasteiger partial charge in [0.1, 0.15) is 0 Å². The average molecular weight is 173 g/mol. The Hall–Kier alpha value is -1.11. The molecule has 0 unspecified atom stereocenters. The van der Waals surface area contributed by atoms with Crippen LogP contribution in [0.4, 0.5) is 0 Å². The van der Waals surface area contributed by atoms with Gasteiger partial charge in [-0.2, -0.15) is 0 Å². The highest BCUT2D eigenvalue weighted by Crippen LogP contribution is 2.23. The second-order valence-corrected chi connectivity index (χ2v) is 3.97. The predicted octanol–water partition coefficient (Wildman–Crippen LogP) is 3.13. The summed E-state index contributed by atoms with van der Waals surface area (Å²) in [6, 6.07) is 6.72. The minimum atomic E-state index is 0.610. The van der Waals surface area contributed by atoms with Gasteiger partial charge in [0.05, 0.1) is 6.54 Å². The van der Waals surface area contributed by atoms with Gasteiger partial charge in [0.2, 0.25) is 0 Å². The van der Waals surface area contributed by atoms with Crippen molar-refractivity contribution in [2.24, 2.45) is 4.99 Å². The average Bonchev–Trinajstić information content (AvgIpc) is 2.47. The van der Waals surface area contributed by atoms with Crippen molar-refractivity contribution in [3.8, 4) is 0 Å². The standard InChI is InChI=1S/C12H15N/c1-8(2)10-4-5-11-7-13-9(3)12(11)6-10/h4-6,8H,7H2,1-3H3. The van der Waals surface area contributed by atoms with Crippen LogP contribution in [0.15, 0.2) is 23.2 Å². The van der Waals surface area contributed by atoms with Crippen LogP contribution in [0.3, 0.4) is 0 Å².